The van der Waals surface area contributed by atoms with E-state index in [-0.39, 0.29) is 12.0 Å². The van der Waals surface area contributed by atoms with Crippen LogP contribution in [0.3, 0.4) is 0 Å². The molecular formula is C14H8Cl2F2O. The Balaban J connectivity index is 2.22. The van der Waals surface area contributed by atoms with E-state index in [9.17, 15) is 13.6 Å². The summed E-state index contributed by atoms with van der Waals surface area (Å²) in [6.45, 7) is 0. The van der Waals surface area contributed by atoms with Gasteiger partial charge in [-0.1, -0.05) is 29.3 Å². The normalized spacial score (nSPS) is 10.5. The summed E-state index contributed by atoms with van der Waals surface area (Å²) in [5.41, 5.74) is 0.618. The standard InChI is InChI=1S/C14H8Cl2F2O/c15-12-2-1-8(3-13(12)16)4-14(19)9-5-10(17)7-11(18)6-9/h1-3,5-7H,4H2. The molecule has 2 rings (SSSR count). The van der Waals surface area contributed by atoms with Crippen molar-refractivity contribution in [3.05, 3.63) is 69.2 Å². The first kappa shape index (κ1) is 14.0. The molecule has 0 bridgehead atoms. The Hall–Kier alpha value is -1.45. The predicted octanol–water partition coefficient (Wildman–Crippen LogP) is 4.70. The Kier molecular flexibility index (Phi) is 4.17. The van der Waals surface area contributed by atoms with E-state index in [0.29, 0.717) is 15.6 Å². The first-order valence-corrected chi connectivity index (χ1v) is 6.14. The average Bonchev–Trinajstić information content (AvgIpc) is 2.32. The van der Waals surface area contributed by atoms with Gasteiger partial charge in [-0.15, -0.1) is 0 Å². The molecule has 19 heavy (non-hydrogen) atoms. The average molecular weight is 301 g/mol. The highest BCUT2D eigenvalue weighted by Crippen LogP contribution is 2.23. The topological polar surface area (TPSA) is 17.1 Å². The van der Waals surface area contributed by atoms with Gasteiger partial charge >= 0.3 is 0 Å². The van der Waals surface area contributed by atoms with E-state index < -0.39 is 17.4 Å². The first-order chi connectivity index (χ1) is 8.95. The molecule has 0 aliphatic heterocycles. The van der Waals surface area contributed by atoms with Gasteiger partial charge in [0.25, 0.3) is 0 Å². The van der Waals surface area contributed by atoms with Gasteiger partial charge in [-0.2, -0.15) is 0 Å². The van der Waals surface area contributed by atoms with Crippen LogP contribution in [0.15, 0.2) is 36.4 Å². The van der Waals surface area contributed by atoms with Crippen molar-refractivity contribution in [1.29, 1.82) is 0 Å². The maximum Gasteiger partial charge on any atom is 0.167 e. The fourth-order valence-electron chi connectivity index (χ4n) is 1.65. The van der Waals surface area contributed by atoms with Crippen LogP contribution >= 0.6 is 23.2 Å². The molecule has 98 valence electrons. The number of halogens is 4. The van der Waals surface area contributed by atoms with Crippen molar-refractivity contribution < 1.29 is 13.6 Å². The summed E-state index contributed by atoms with van der Waals surface area (Å²) >= 11 is 11.6. The van der Waals surface area contributed by atoms with Crippen LogP contribution < -0.4 is 0 Å². The molecule has 0 radical (unpaired) electrons. The summed E-state index contributed by atoms with van der Waals surface area (Å²) in [5, 5.41) is 0.715. The summed E-state index contributed by atoms with van der Waals surface area (Å²) in [6.07, 6.45) is -0.000216. The van der Waals surface area contributed by atoms with Crippen LogP contribution in [0.25, 0.3) is 0 Å². The zero-order valence-corrected chi connectivity index (χ0v) is 11.1. The van der Waals surface area contributed by atoms with E-state index in [1.165, 1.54) is 0 Å². The molecule has 0 unspecified atom stereocenters. The van der Waals surface area contributed by atoms with Crippen LogP contribution in [0.4, 0.5) is 8.78 Å². The van der Waals surface area contributed by atoms with Crippen LogP contribution in [0.2, 0.25) is 10.0 Å². The first-order valence-electron chi connectivity index (χ1n) is 5.39. The molecule has 0 aliphatic carbocycles. The van der Waals surface area contributed by atoms with Crippen LogP contribution in [-0.4, -0.2) is 5.78 Å². The van der Waals surface area contributed by atoms with Gasteiger partial charge in [-0.25, -0.2) is 8.78 Å². The molecule has 2 aromatic carbocycles. The summed E-state index contributed by atoms with van der Waals surface area (Å²) in [6, 6.07) is 7.49. The molecule has 2 aromatic rings. The number of ketones is 1. The second kappa shape index (κ2) is 5.68. The summed E-state index contributed by atoms with van der Waals surface area (Å²) < 4.78 is 26.0. The van der Waals surface area contributed by atoms with E-state index in [0.717, 1.165) is 18.2 Å². The molecule has 0 amide bonds. The van der Waals surface area contributed by atoms with Gasteiger partial charge < -0.3 is 0 Å². The third-order valence-corrected chi connectivity index (χ3v) is 3.27. The summed E-state index contributed by atoms with van der Waals surface area (Å²) in [5.74, 6) is -1.95. The van der Waals surface area contributed by atoms with Gasteiger partial charge in [-0.05, 0) is 29.8 Å². The lowest BCUT2D eigenvalue weighted by Gasteiger charge is -2.04. The van der Waals surface area contributed by atoms with Crippen molar-refractivity contribution in [1.82, 2.24) is 0 Å². The lowest BCUT2D eigenvalue weighted by molar-refractivity contribution is 0.0992. The van der Waals surface area contributed by atoms with Gasteiger partial charge in [-0.3, -0.25) is 4.79 Å². The summed E-state index contributed by atoms with van der Waals surface area (Å²) in [4.78, 5) is 11.9. The number of benzene rings is 2. The molecule has 0 fully saturated rings. The second-order valence-electron chi connectivity index (χ2n) is 4.01. The van der Waals surface area contributed by atoms with Crippen molar-refractivity contribution in [3.8, 4) is 0 Å². The number of carbonyl (C=O) groups excluding carboxylic acids is 1. The highest BCUT2D eigenvalue weighted by atomic mass is 35.5. The maximum atomic E-state index is 13.0. The number of hydrogen-bond acceptors (Lipinski definition) is 1. The van der Waals surface area contributed by atoms with E-state index in [2.05, 4.69) is 0 Å². The molecule has 0 aliphatic rings. The van der Waals surface area contributed by atoms with Crippen LogP contribution in [0.1, 0.15) is 15.9 Å². The summed E-state index contributed by atoms with van der Waals surface area (Å²) in [7, 11) is 0. The fourth-order valence-corrected chi connectivity index (χ4v) is 1.97. The number of carbonyl (C=O) groups is 1. The van der Waals surface area contributed by atoms with Crippen LogP contribution in [0.5, 0.6) is 0 Å². The molecule has 0 N–H and O–H groups in total. The third kappa shape index (κ3) is 3.52. The van der Waals surface area contributed by atoms with Gasteiger partial charge in [0.2, 0.25) is 0 Å². The quantitative estimate of drug-likeness (QED) is 0.751. The molecule has 0 saturated carbocycles. The second-order valence-corrected chi connectivity index (χ2v) is 4.82. The third-order valence-electron chi connectivity index (χ3n) is 2.53. The number of Topliss-reactive ketones (excluding diaryl/α,β-unsaturated/α-hetero) is 1. The van der Waals surface area contributed by atoms with Gasteiger partial charge in [0.05, 0.1) is 10.0 Å². The van der Waals surface area contributed by atoms with Crippen molar-refractivity contribution >= 4 is 29.0 Å². The molecule has 0 heterocycles. The molecule has 0 atom stereocenters. The van der Waals surface area contributed by atoms with Crippen LogP contribution in [-0.2, 0) is 6.42 Å². The van der Waals surface area contributed by atoms with Gasteiger partial charge in [0.1, 0.15) is 11.6 Å². The molecule has 0 aromatic heterocycles. The monoisotopic (exact) mass is 300 g/mol. The van der Waals surface area contributed by atoms with Crippen molar-refractivity contribution in [2.75, 3.05) is 0 Å². The SMILES string of the molecule is O=C(Cc1ccc(Cl)c(Cl)c1)c1cc(F)cc(F)c1. The van der Waals surface area contributed by atoms with Crippen molar-refractivity contribution in [2.45, 2.75) is 6.42 Å². The Bertz CT molecular complexity index is 621. The molecule has 0 saturated heterocycles. The van der Waals surface area contributed by atoms with E-state index in [1.54, 1.807) is 18.2 Å². The number of hydrogen-bond donors (Lipinski definition) is 0. The van der Waals surface area contributed by atoms with Gasteiger partial charge in [0.15, 0.2) is 5.78 Å². The zero-order chi connectivity index (χ0) is 14.0. The maximum absolute atomic E-state index is 13.0. The predicted molar refractivity (Wildman–Crippen MR) is 70.9 cm³/mol. The Morgan fingerprint density at radius 2 is 1.58 bits per heavy atom. The molecular weight excluding hydrogens is 293 g/mol. The molecule has 0 spiro atoms. The van der Waals surface area contributed by atoms with Crippen molar-refractivity contribution in [2.24, 2.45) is 0 Å². The van der Waals surface area contributed by atoms with E-state index in [4.69, 9.17) is 23.2 Å². The highest BCUT2D eigenvalue weighted by Gasteiger charge is 2.11. The van der Waals surface area contributed by atoms with E-state index >= 15 is 0 Å². The fraction of sp³-hybridized carbons (Fsp3) is 0.0714. The Morgan fingerprint density at radius 3 is 2.16 bits per heavy atom. The number of rotatable bonds is 3. The van der Waals surface area contributed by atoms with Gasteiger partial charge in [0, 0.05) is 18.1 Å². The van der Waals surface area contributed by atoms with Crippen molar-refractivity contribution in [3.63, 3.8) is 0 Å². The lowest BCUT2D eigenvalue weighted by Crippen LogP contribution is -2.04. The minimum Gasteiger partial charge on any atom is -0.294 e. The Morgan fingerprint density at radius 1 is 0.947 bits per heavy atom. The van der Waals surface area contributed by atoms with Crippen LogP contribution in [0, 0.1) is 11.6 Å². The Labute approximate surface area is 118 Å². The molecule has 1 nitrogen and oxygen atoms in total. The smallest absolute Gasteiger partial charge is 0.167 e. The largest absolute Gasteiger partial charge is 0.294 e. The van der Waals surface area contributed by atoms with E-state index in [1.807, 2.05) is 0 Å². The minimum absolute atomic E-state index is 0.000216. The highest BCUT2D eigenvalue weighted by molar-refractivity contribution is 6.42. The molecule has 5 heteroatoms. The lowest BCUT2D eigenvalue weighted by atomic mass is 10.0. The minimum atomic E-state index is -0.780. The zero-order valence-electron chi connectivity index (χ0n) is 9.59.